The maximum atomic E-state index is 11.6. The van der Waals surface area contributed by atoms with Crippen LogP contribution in [0.2, 0.25) is 0 Å². The lowest BCUT2D eigenvalue weighted by atomic mass is 10.0. The second-order valence-corrected chi connectivity index (χ2v) is 7.15. The van der Waals surface area contributed by atoms with Crippen LogP contribution in [0.5, 0.6) is 0 Å². The van der Waals surface area contributed by atoms with E-state index in [0.717, 1.165) is 27.2 Å². The average Bonchev–Trinajstić information content (AvgIpc) is 2.96. The molecule has 0 atom stereocenters. The van der Waals surface area contributed by atoms with E-state index in [0.29, 0.717) is 12.5 Å². The molecule has 4 nitrogen and oxygen atoms in total. The number of thioether (sulfide) groups is 1. The summed E-state index contributed by atoms with van der Waals surface area (Å²) >= 11 is 1.61. The standard InChI is InChI=1S/C19H20N2O2S/c1-13(2)12-24-19-20-10-17(18(22)23)21(19)11-15-8-5-7-14-6-3-4-9-16(14)15/h3-10,13H,11-12H2,1-2H3,(H,22,23). The van der Waals surface area contributed by atoms with Crippen LogP contribution in [0, 0.1) is 5.92 Å². The largest absolute Gasteiger partial charge is 0.477 e. The number of rotatable bonds is 6. The molecule has 0 aliphatic heterocycles. The highest BCUT2D eigenvalue weighted by molar-refractivity contribution is 7.99. The van der Waals surface area contributed by atoms with Crippen LogP contribution in [0.1, 0.15) is 29.9 Å². The van der Waals surface area contributed by atoms with Gasteiger partial charge in [0.15, 0.2) is 5.16 Å². The summed E-state index contributed by atoms with van der Waals surface area (Å²) in [6.07, 6.45) is 1.45. The Morgan fingerprint density at radius 2 is 1.96 bits per heavy atom. The number of carbonyl (C=O) groups is 1. The van der Waals surface area contributed by atoms with Crippen molar-refractivity contribution < 1.29 is 9.90 Å². The van der Waals surface area contributed by atoms with E-state index in [1.807, 2.05) is 24.3 Å². The van der Waals surface area contributed by atoms with Crippen molar-refractivity contribution in [3.63, 3.8) is 0 Å². The fraction of sp³-hybridized carbons (Fsp3) is 0.263. The number of aromatic nitrogens is 2. The summed E-state index contributed by atoms with van der Waals surface area (Å²) < 4.78 is 1.80. The number of nitrogens with zero attached hydrogens (tertiary/aromatic N) is 2. The van der Waals surface area contributed by atoms with Crippen LogP contribution in [0.4, 0.5) is 0 Å². The summed E-state index contributed by atoms with van der Waals surface area (Å²) in [5.41, 5.74) is 1.33. The molecule has 1 N–H and O–H groups in total. The molecule has 0 fully saturated rings. The molecule has 0 bridgehead atoms. The molecule has 0 amide bonds. The fourth-order valence-electron chi connectivity index (χ4n) is 2.64. The van der Waals surface area contributed by atoms with Gasteiger partial charge in [0.1, 0.15) is 5.69 Å². The van der Waals surface area contributed by atoms with Crippen LogP contribution >= 0.6 is 11.8 Å². The zero-order chi connectivity index (χ0) is 17.1. The lowest BCUT2D eigenvalue weighted by Crippen LogP contribution is -2.11. The number of hydrogen-bond acceptors (Lipinski definition) is 3. The normalized spacial score (nSPS) is 11.3. The maximum absolute atomic E-state index is 11.6. The van der Waals surface area contributed by atoms with Gasteiger partial charge in [0.25, 0.3) is 0 Å². The molecule has 124 valence electrons. The average molecular weight is 340 g/mol. The smallest absolute Gasteiger partial charge is 0.354 e. The Hall–Kier alpha value is -2.27. The van der Waals surface area contributed by atoms with E-state index in [-0.39, 0.29) is 5.69 Å². The van der Waals surface area contributed by atoms with Crippen molar-refractivity contribution in [1.29, 1.82) is 0 Å². The third kappa shape index (κ3) is 3.46. The Kier molecular flexibility index (Phi) is 4.90. The number of fused-ring (bicyclic) bond motifs is 1. The molecule has 0 saturated carbocycles. The summed E-state index contributed by atoms with van der Waals surface area (Å²) in [7, 11) is 0. The molecule has 0 aliphatic rings. The third-order valence-electron chi connectivity index (χ3n) is 3.79. The lowest BCUT2D eigenvalue weighted by Gasteiger charge is -2.13. The van der Waals surface area contributed by atoms with E-state index in [9.17, 15) is 9.90 Å². The van der Waals surface area contributed by atoms with Gasteiger partial charge in [-0.05, 0) is 22.3 Å². The molecular weight excluding hydrogens is 320 g/mol. The van der Waals surface area contributed by atoms with E-state index in [4.69, 9.17) is 0 Å². The minimum atomic E-state index is -0.945. The number of benzene rings is 2. The van der Waals surface area contributed by atoms with E-state index < -0.39 is 5.97 Å². The number of imidazole rings is 1. The quantitative estimate of drug-likeness (QED) is 0.670. The summed E-state index contributed by atoms with van der Waals surface area (Å²) in [5.74, 6) is 0.483. The summed E-state index contributed by atoms with van der Waals surface area (Å²) in [4.78, 5) is 15.9. The second-order valence-electron chi connectivity index (χ2n) is 6.16. The van der Waals surface area contributed by atoms with Crippen molar-refractivity contribution in [2.24, 2.45) is 5.92 Å². The topological polar surface area (TPSA) is 55.1 Å². The van der Waals surface area contributed by atoms with Crippen molar-refractivity contribution >= 4 is 28.5 Å². The van der Waals surface area contributed by atoms with E-state index in [1.165, 1.54) is 6.20 Å². The van der Waals surface area contributed by atoms with Gasteiger partial charge in [0.2, 0.25) is 0 Å². The first-order valence-electron chi connectivity index (χ1n) is 7.94. The third-order valence-corrected chi connectivity index (χ3v) is 5.21. The first-order valence-corrected chi connectivity index (χ1v) is 8.93. The molecule has 5 heteroatoms. The molecule has 0 spiro atoms. The molecule has 1 heterocycles. The highest BCUT2D eigenvalue weighted by atomic mass is 32.2. The Bertz CT molecular complexity index is 865. The molecule has 3 aromatic rings. The van der Waals surface area contributed by atoms with Crippen LogP contribution in [-0.2, 0) is 6.54 Å². The van der Waals surface area contributed by atoms with Crippen LogP contribution in [-0.4, -0.2) is 26.4 Å². The number of carboxylic acids is 1. The Labute approximate surface area is 145 Å². The van der Waals surface area contributed by atoms with Gasteiger partial charge in [0.05, 0.1) is 12.7 Å². The molecule has 0 saturated heterocycles. The lowest BCUT2D eigenvalue weighted by molar-refractivity contribution is 0.0684. The van der Waals surface area contributed by atoms with E-state index in [2.05, 4.69) is 37.0 Å². The van der Waals surface area contributed by atoms with Gasteiger partial charge in [-0.1, -0.05) is 68.1 Å². The summed E-state index contributed by atoms with van der Waals surface area (Å²) in [6.45, 7) is 4.79. The van der Waals surface area contributed by atoms with E-state index in [1.54, 1.807) is 16.3 Å². The zero-order valence-corrected chi connectivity index (χ0v) is 14.6. The van der Waals surface area contributed by atoms with E-state index >= 15 is 0 Å². The van der Waals surface area contributed by atoms with Crippen molar-refractivity contribution in [1.82, 2.24) is 9.55 Å². The van der Waals surface area contributed by atoms with Crippen LogP contribution in [0.15, 0.2) is 53.8 Å². The minimum absolute atomic E-state index is 0.231. The number of carboxylic acid groups (broad SMARTS) is 1. The summed E-state index contributed by atoms with van der Waals surface area (Å²) in [5, 5.41) is 12.5. The Morgan fingerprint density at radius 3 is 2.71 bits per heavy atom. The van der Waals surface area contributed by atoms with Crippen molar-refractivity contribution in [2.75, 3.05) is 5.75 Å². The minimum Gasteiger partial charge on any atom is -0.477 e. The molecule has 0 unspecified atom stereocenters. The fourth-order valence-corrected chi connectivity index (χ4v) is 3.57. The Morgan fingerprint density at radius 1 is 1.21 bits per heavy atom. The summed E-state index contributed by atoms with van der Waals surface area (Å²) in [6, 6.07) is 14.3. The molecule has 3 rings (SSSR count). The molecule has 0 radical (unpaired) electrons. The molecule has 24 heavy (non-hydrogen) atoms. The molecular formula is C19H20N2O2S. The van der Waals surface area contributed by atoms with Crippen molar-refractivity contribution in [3.05, 3.63) is 59.9 Å². The number of aromatic carboxylic acids is 1. The highest BCUT2D eigenvalue weighted by Crippen LogP contribution is 2.25. The van der Waals surface area contributed by atoms with Gasteiger partial charge in [-0.2, -0.15) is 0 Å². The van der Waals surface area contributed by atoms with Crippen molar-refractivity contribution in [2.45, 2.75) is 25.5 Å². The van der Waals surface area contributed by atoms with Crippen molar-refractivity contribution in [3.8, 4) is 0 Å². The van der Waals surface area contributed by atoms with Crippen LogP contribution < -0.4 is 0 Å². The molecule has 1 aromatic heterocycles. The van der Waals surface area contributed by atoms with Gasteiger partial charge in [0, 0.05) is 5.75 Å². The highest BCUT2D eigenvalue weighted by Gasteiger charge is 2.17. The van der Waals surface area contributed by atoms with Gasteiger partial charge >= 0.3 is 5.97 Å². The molecule has 2 aromatic carbocycles. The first-order chi connectivity index (χ1) is 11.6. The zero-order valence-electron chi connectivity index (χ0n) is 13.8. The van der Waals surface area contributed by atoms with Gasteiger partial charge in [-0.25, -0.2) is 9.78 Å². The van der Waals surface area contributed by atoms with Gasteiger partial charge in [-0.3, -0.25) is 0 Å². The first kappa shape index (κ1) is 16.6. The number of hydrogen-bond donors (Lipinski definition) is 1. The predicted octanol–water partition coefficient (Wildman–Crippen LogP) is 4.53. The molecule has 0 aliphatic carbocycles. The van der Waals surface area contributed by atoms with Crippen LogP contribution in [0.25, 0.3) is 10.8 Å². The van der Waals surface area contributed by atoms with Gasteiger partial charge in [-0.15, -0.1) is 0 Å². The maximum Gasteiger partial charge on any atom is 0.354 e. The predicted molar refractivity (Wildman–Crippen MR) is 97.8 cm³/mol. The monoisotopic (exact) mass is 340 g/mol. The second kappa shape index (κ2) is 7.09. The Balaban J connectivity index is 2.01. The SMILES string of the molecule is CC(C)CSc1ncc(C(=O)O)n1Cc1cccc2ccccc12. The van der Waals surface area contributed by atoms with Crippen LogP contribution in [0.3, 0.4) is 0 Å². The van der Waals surface area contributed by atoms with Gasteiger partial charge < -0.3 is 9.67 Å².